The van der Waals surface area contributed by atoms with Crippen LogP contribution in [0.2, 0.25) is 0 Å². The summed E-state index contributed by atoms with van der Waals surface area (Å²) in [5.41, 5.74) is 10.5. The molecule has 0 amide bonds. The summed E-state index contributed by atoms with van der Waals surface area (Å²) in [5.74, 6) is 0.208. The Balaban J connectivity index is 3.11. The molecule has 1 aromatic heterocycles. The van der Waals surface area contributed by atoms with Crippen molar-refractivity contribution < 1.29 is 8.78 Å². The molecule has 0 atom stereocenters. The summed E-state index contributed by atoms with van der Waals surface area (Å²) in [6.07, 6.45) is -2.54. The molecule has 0 saturated heterocycles. The van der Waals surface area contributed by atoms with Crippen molar-refractivity contribution in [2.45, 2.75) is 13.0 Å². The highest BCUT2D eigenvalue weighted by atomic mass is 19.3. The minimum absolute atomic E-state index is 0.0231. The van der Waals surface area contributed by atoms with E-state index in [-0.39, 0.29) is 23.6 Å². The van der Waals surface area contributed by atoms with Crippen LogP contribution in [0.25, 0.3) is 0 Å². The molecular formula is C7H9F2N3. The van der Waals surface area contributed by atoms with Crippen LogP contribution in [-0.4, -0.2) is 4.98 Å². The van der Waals surface area contributed by atoms with Gasteiger partial charge in [-0.1, -0.05) is 0 Å². The van der Waals surface area contributed by atoms with Gasteiger partial charge in [-0.15, -0.1) is 0 Å². The molecule has 0 aliphatic rings. The quantitative estimate of drug-likeness (QED) is 0.702. The standard InChI is InChI=1S/C7H9F2N3/c8-7(9)4-1-2-6(11)12-5(4)3-10/h1-2,7H,3,10H2,(H2,11,12). The maximum Gasteiger partial charge on any atom is 0.265 e. The summed E-state index contributed by atoms with van der Waals surface area (Å²) >= 11 is 0. The maximum atomic E-state index is 12.2. The zero-order valence-corrected chi connectivity index (χ0v) is 6.30. The molecule has 1 aromatic rings. The number of halogens is 2. The lowest BCUT2D eigenvalue weighted by Crippen LogP contribution is -2.06. The molecule has 0 saturated carbocycles. The molecule has 0 aromatic carbocycles. The van der Waals surface area contributed by atoms with Crippen LogP contribution in [-0.2, 0) is 6.54 Å². The fraction of sp³-hybridized carbons (Fsp3) is 0.286. The second kappa shape index (κ2) is 3.44. The molecule has 1 heterocycles. The third-order valence-corrected chi connectivity index (χ3v) is 1.46. The summed E-state index contributed by atoms with van der Waals surface area (Å²) in [5, 5.41) is 0. The number of nitrogens with zero attached hydrogens (tertiary/aromatic N) is 1. The van der Waals surface area contributed by atoms with Gasteiger partial charge < -0.3 is 11.5 Å². The van der Waals surface area contributed by atoms with Gasteiger partial charge in [0.25, 0.3) is 6.43 Å². The van der Waals surface area contributed by atoms with Gasteiger partial charge in [0.1, 0.15) is 5.82 Å². The summed E-state index contributed by atoms with van der Waals surface area (Å²) in [4.78, 5) is 3.69. The zero-order valence-electron chi connectivity index (χ0n) is 6.30. The summed E-state index contributed by atoms with van der Waals surface area (Å²) < 4.78 is 24.4. The van der Waals surface area contributed by atoms with Gasteiger partial charge >= 0.3 is 0 Å². The largest absolute Gasteiger partial charge is 0.384 e. The first-order valence-corrected chi connectivity index (χ1v) is 3.38. The second-order valence-electron chi connectivity index (χ2n) is 2.28. The fourth-order valence-corrected chi connectivity index (χ4v) is 0.891. The van der Waals surface area contributed by atoms with Crippen LogP contribution in [0, 0.1) is 0 Å². The van der Waals surface area contributed by atoms with Gasteiger partial charge in [0.05, 0.1) is 5.69 Å². The van der Waals surface area contributed by atoms with E-state index in [1.807, 2.05) is 0 Å². The first-order valence-electron chi connectivity index (χ1n) is 3.38. The van der Waals surface area contributed by atoms with Crippen LogP contribution in [0.3, 0.4) is 0 Å². The Morgan fingerprint density at radius 2 is 2.08 bits per heavy atom. The highest BCUT2D eigenvalue weighted by molar-refractivity contribution is 5.34. The lowest BCUT2D eigenvalue weighted by molar-refractivity contribution is 0.149. The number of alkyl halides is 2. The number of hydrogen-bond donors (Lipinski definition) is 2. The lowest BCUT2D eigenvalue weighted by atomic mass is 10.2. The SMILES string of the molecule is NCc1nc(N)ccc1C(F)F. The first kappa shape index (κ1) is 8.86. The number of anilines is 1. The molecule has 0 bridgehead atoms. The Kier molecular flexibility index (Phi) is 2.54. The molecule has 0 unspecified atom stereocenters. The van der Waals surface area contributed by atoms with Crippen molar-refractivity contribution in [3.05, 3.63) is 23.4 Å². The van der Waals surface area contributed by atoms with Crippen molar-refractivity contribution in [1.82, 2.24) is 4.98 Å². The minimum Gasteiger partial charge on any atom is -0.384 e. The van der Waals surface area contributed by atoms with E-state index in [9.17, 15) is 8.78 Å². The molecule has 0 fully saturated rings. The predicted octanol–water partition coefficient (Wildman–Crippen LogP) is 1.06. The zero-order chi connectivity index (χ0) is 9.14. The van der Waals surface area contributed by atoms with Gasteiger partial charge in [-0.05, 0) is 12.1 Å². The van der Waals surface area contributed by atoms with Gasteiger partial charge in [0, 0.05) is 12.1 Å². The van der Waals surface area contributed by atoms with Gasteiger partial charge in [-0.25, -0.2) is 13.8 Å². The molecule has 66 valence electrons. The molecule has 5 heteroatoms. The van der Waals surface area contributed by atoms with Crippen molar-refractivity contribution in [2.24, 2.45) is 5.73 Å². The lowest BCUT2D eigenvalue weighted by Gasteiger charge is -2.05. The Bertz CT molecular complexity index is 275. The van der Waals surface area contributed by atoms with E-state index in [0.29, 0.717) is 0 Å². The van der Waals surface area contributed by atoms with Gasteiger partial charge in [-0.2, -0.15) is 0 Å². The van der Waals surface area contributed by atoms with Crippen molar-refractivity contribution in [1.29, 1.82) is 0 Å². The van der Waals surface area contributed by atoms with Gasteiger partial charge in [0.15, 0.2) is 0 Å². The second-order valence-corrected chi connectivity index (χ2v) is 2.28. The Hall–Kier alpha value is -1.23. The Labute approximate surface area is 68.4 Å². The molecule has 4 N–H and O–H groups in total. The topological polar surface area (TPSA) is 64.9 Å². The Morgan fingerprint density at radius 3 is 2.58 bits per heavy atom. The van der Waals surface area contributed by atoms with Gasteiger partial charge in [-0.3, -0.25) is 0 Å². The maximum absolute atomic E-state index is 12.2. The molecule has 0 spiro atoms. The van der Waals surface area contributed by atoms with E-state index in [2.05, 4.69) is 4.98 Å². The summed E-state index contributed by atoms with van der Waals surface area (Å²) in [7, 11) is 0. The number of hydrogen-bond acceptors (Lipinski definition) is 3. The molecule has 1 rings (SSSR count). The van der Waals surface area contributed by atoms with Crippen LogP contribution in [0.4, 0.5) is 14.6 Å². The monoisotopic (exact) mass is 173 g/mol. The predicted molar refractivity (Wildman–Crippen MR) is 41.5 cm³/mol. The molecule has 3 nitrogen and oxygen atoms in total. The van der Waals surface area contributed by atoms with Crippen LogP contribution in [0.5, 0.6) is 0 Å². The first-order chi connectivity index (χ1) is 5.65. The van der Waals surface area contributed by atoms with E-state index < -0.39 is 6.43 Å². The third kappa shape index (κ3) is 1.68. The average molecular weight is 173 g/mol. The van der Waals surface area contributed by atoms with E-state index in [0.717, 1.165) is 0 Å². The highest BCUT2D eigenvalue weighted by Gasteiger charge is 2.12. The molecular weight excluding hydrogens is 164 g/mol. The summed E-state index contributed by atoms with van der Waals surface area (Å²) in [6.45, 7) is -0.0231. The van der Waals surface area contributed by atoms with Crippen LogP contribution >= 0.6 is 0 Å². The molecule has 12 heavy (non-hydrogen) atoms. The molecule has 0 aliphatic heterocycles. The number of aromatic nitrogens is 1. The van der Waals surface area contributed by atoms with E-state index in [1.54, 1.807) is 0 Å². The normalized spacial score (nSPS) is 10.7. The number of nitrogen functional groups attached to an aromatic ring is 1. The average Bonchev–Trinajstić information content (AvgIpc) is 2.03. The smallest absolute Gasteiger partial charge is 0.265 e. The number of nitrogens with two attached hydrogens (primary N) is 2. The van der Waals surface area contributed by atoms with E-state index in [4.69, 9.17) is 11.5 Å². The Morgan fingerprint density at radius 1 is 1.42 bits per heavy atom. The third-order valence-electron chi connectivity index (χ3n) is 1.46. The van der Waals surface area contributed by atoms with Crippen LogP contribution in [0.15, 0.2) is 12.1 Å². The van der Waals surface area contributed by atoms with E-state index >= 15 is 0 Å². The number of pyridine rings is 1. The van der Waals surface area contributed by atoms with Crippen molar-refractivity contribution in [2.75, 3.05) is 5.73 Å². The van der Waals surface area contributed by atoms with Crippen LogP contribution in [0.1, 0.15) is 17.7 Å². The highest BCUT2D eigenvalue weighted by Crippen LogP contribution is 2.21. The fourth-order valence-electron chi connectivity index (χ4n) is 0.891. The molecule has 0 radical (unpaired) electrons. The van der Waals surface area contributed by atoms with Crippen LogP contribution < -0.4 is 11.5 Å². The number of rotatable bonds is 2. The van der Waals surface area contributed by atoms with Crippen molar-refractivity contribution in [3.8, 4) is 0 Å². The van der Waals surface area contributed by atoms with Gasteiger partial charge in [0.2, 0.25) is 0 Å². The summed E-state index contributed by atoms with van der Waals surface area (Å²) in [6, 6.07) is 2.58. The van der Waals surface area contributed by atoms with Crippen molar-refractivity contribution >= 4 is 5.82 Å². The van der Waals surface area contributed by atoms with Crippen molar-refractivity contribution in [3.63, 3.8) is 0 Å². The van der Waals surface area contributed by atoms with E-state index in [1.165, 1.54) is 12.1 Å². The molecule has 0 aliphatic carbocycles. The minimum atomic E-state index is -2.54.